The van der Waals surface area contributed by atoms with Gasteiger partial charge < -0.3 is 9.88 Å². The Morgan fingerprint density at radius 3 is 2.78 bits per heavy atom. The number of nitrogens with zero attached hydrogens (tertiary/aromatic N) is 4. The maximum atomic E-state index is 12.2. The van der Waals surface area contributed by atoms with Crippen LogP contribution in [-0.4, -0.2) is 76.4 Å². The van der Waals surface area contributed by atoms with Crippen LogP contribution in [0.5, 0.6) is 0 Å². The van der Waals surface area contributed by atoms with Gasteiger partial charge in [-0.2, -0.15) is 0 Å². The average Bonchev–Trinajstić information content (AvgIpc) is 3.00. The van der Waals surface area contributed by atoms with Crippen LogP contribution in [0.3, 0.4) is 0 Å². The Kier molecular flexibility index (Phi) is 4.72. The van der Waals surface area contributed by atoms with Gasteiger partial charge >= 0.3 is 0 Å². The normalized spacial score (nSPS) is 25.5. The second-order valence-electron chi connectivity index (χ2n) is 8.51. The zero-order valence-electron chi connectivity index (χ0n) is 17.0. The lowest BCUT2D eigenvalue weighted by atomic mass is 9.86. The number of amides is 1. The van der Waals surface area contributed by atoms with Gasteiger partial charge in [0.25, 0.3) is 0 Å². The van der Waals surface area contributed by atoms with Crippen LogP contribution in [-0.2, 0) is 11.3 Å². The van der Waals surface area contributed by atoms with E-state index in [1.807, 2.05) is 11.9 Å². The number of likely N-dealkylation sites (N-methyl/N-ethyl adjacent to an activating group) is 1. The molecule has 0 unspecified atom stereocenters. The van der Waals surface area contributed by atoms with Crippen molar-refractivity contribution in [1.82, 2.24) is 24.7 Å². The molecule has 27 heavy (non-hydrogen) atoms. The predicted molar refractivity (Wildman–Crippen MR) is 108 cm³/mol. The molecule has 6 heteroatoms. The quantitative estimate of drug-likeness (QED) is 0.883. The Morgan fingerprint density at radius 1 is 1.15 bits per heavy atom. The Balaban J connectivity index is 1.53. The largest absolute Gasteiger partial charge is 0.346 e. The maximum absolute atomic E-state index is 12.2. The summed E-state index contributed by atoms with van der Waals surface area (Å²) in [7, 11) is 4.15. The fourth-order valence-electron chi connectivity index (χ4n) is 4.63. The summed E-state index contributed by atoms with van der Waals surface area (Å²) in [6.07, 6.45) is 2.64. The molecule has 4 rings (SSSR count). The number of hydrogen-bond acceptors (Lipinski definition) is 4. The molecule has 1 N–H and O–H groups in total. The van der Waals surface area contributed by atoms with Crippen molar-refractivity contribution in [3.8, 4) is 0 Å². The van der Waals surface area contributed by atoms with Gasteiger partial charge in [-0.05, 0) is 50.9 Å². The third kappa shape index (κ3) is 3.36. The summed E-state index contributed by atoms with van der Waals surface area (Å²) in [4.78, 5) is 27.4. The van der Waals surface area contributed by atoms with E-state index in [0.717, 1.165) is 62.4 Å². The van der Waals surface area contributed by atoms with Gasteiger partial charge in [-0.25, -0.2) is 4.98 Å². The topological polar surface area (TPSA) is 55.5 Å². The van der Waals surface area contributed by atoms with Gasteiger partial charge in [-0.3, -0.25) is 14.6 Å². The summed E-state index contributed by atoms with van der Waals surface area (Å²) < 4.78 is 0. The first kappa shape index (κ1) is 18.4. The molecule has 0 saturated carbocycles. The van der Waals surface area contributed by atoms with Gasteiger partial charge in [0.1, 0.15) is 5.82 Å². The lowest BCUT2D eigenvalue weighted by Gasteiger charge is -2.49. The van der Waals surface area contributed by atoms with Crippen molar-refractivity contribution in [2.24, 2.45) is 0 Å². The summed E-state index contributed by atoms with van der Waals surface area (Å²) in [5.41, 5.74) is 4.85. The molecule has 146 valence electrons. The fourth-order valence-corrected chi connectivity index (χ4v) is 4.63. The highest BCUT2D eigenvalue weighted by Gasteiger charge is 2.41. The second-order valence-corrected chi connectivity index (χ2v) is 8.51. The van der Waals surface area contributed by atoms with Crippen LogP contribution in [0.15, 0.2) is 12.1 Å². The van der Waals surface area contributed by atoms with Gasteiger partial charge in [0, 0.05) is 45.2 Å². The fraction of sp³-hybridized carbons (Fsp3) is 0.619. The first-order valence-electron chi connectivity index (χ1n) is 10.0. The number of hydrogen-bond donors (Lipinski definition) is 1. The minimum atomic E-state index is 0.0944. The molecule has 2 aliphatic rings. The van der Waals surface area contributed by atoms with Crippen LogP contribution in [0.25, 0.3) is 11.0 Å². The van der Waals surface area contributed by atoms with Gasteiger partial charge in [0.15, 0.2) is 0 Å². The van der Waals surface area contributed by atoms with Crippen LogP contribution in [0.4, 0.5) is 0 Å². The number of fused-ring (bicyclic) bond motifs is 1. The van der Waals surface area contributed by atoms with Crippen LogP contribution < -0.4 is 0 Å². The summed E-state index contributed by atoms with van der Waals surface area (Å²) >= 11 is 0. The smallest absolute Gasteiger partial charge is 0.222 e. The van der Waals surface area contributed by atoms with Crippen molar-refractivity contribution in [3.05, 3.63) is 29.1 Å². The van der Waals surface area contributed by atoms with Crippen molar-refractivity contribution in [2.75, 3.05) is 40.3 Å². The third-order valence-corrected chi connectivity index (χ3v) is 6.82. The van der Waals surface area contributed by atoms with E-state index in [1.54, 1.807) is 0 Å². The van der Waals surface area contributed by atoms with Gasteiger partial charge in [0.05, 0.1) is 17.6 Å². The van der Waals surface area contributed by atoms with Crippen molar-refractivity contribution in [1.29, 1.82) is 0 Å². The van der Waals surface area contributed by atoms with E-state index < -0.39 is 0 Å². The molecule has 1 spiro atoms. The second kappa shape index (κ2) is 6.91. The Morgan fingerprint density at radius 2 is 1.96 bits per heavy atom. The SMILES string of the molecule is Cc1ccc2[nH]c(CN3CCN(C)[C@]4(CCC(=O)N(C)CC4)C3)nc2c1C. The Labute approximate surface area is 161 Å². The number of aryl methyl sites for hydroxylation is 2. The molecule has 2 fully saturated rings. The Bertz CT molecular complexity index is 860. The molecule has 1 aromatic heterocycles. The number of carbonyl (C=O) groups excluding carboxylic acids is 1. The number of benzene rings is 1. The molecule has 1 atom stereocenters. The van der Waals surface area contributed by atoms with Crippen molar-refractivity contribution >= 4 is 16.9 Å². The molecule has 2 aliphatic heterocycles. The van der Waals surface area contributed by atoms with Gasteiger partial charge in [-0.1, -0.05) is 6.07 Å². The van der Waals surface area contributed by atoms with E-state index in [-0.39, 0.29) is 11.4 Å². The van der Waals surface area contributed by atoms with Crippen molar-refractivity contribution in [3.63, 3.8) is 0 Å². The maximum Gasteiger partial charge on any atom is 0.222 e. The van der Waals surface area contributed by atoms with Crippen LogP contribution in [0, 0.1) is 13.8 Å². The molecule has 3 heterocycles. The summed E-state index contributed by atoms with van der Waals surface area (Å²) in [6.45, 7) is 9.05. The highest BCUT2D eigenvalue weighted by atomic mass is 16.2. The molecule has 6 nitrogen and oxygen atoms in total. The number of piperazine rings is 1. The number of likely N-dealkylation sites (tertiary alicyclic amines) is 1. The molecule has 1 aromatic carbocycles. The molecule has 2 saturated heterocycles. The van der Waals surface area contributed by atoms with Crippen LogP contribution in [0.2, 0.25) is 0 Å². The van der Waals surface area contributed by atoms with Crippen LogP contribution in [0.1, 0.15) is 36.2 Å². The molecule has 1 amide bonds. The zero-order valence-corrected chi connectivity index (χ0v) is 17.0. The molecule has 0 bridgehead atoms. The number of nitrogens with one attached hydrogen (secondary N) is 1. The molecular weight excluding hydrogens is 338 g/mol. The van der Waals surface area contributed by atoms with E-state index >= 15 is 0 Å². The van der Waals surface area contributed by atoms with E-state index in [9.17, 15) is 4.79 Å². The summed E-state index contributed by atoms with van der Waals surface area (Å²) in [5, 5.41) is 0. The van der Waals surface area contributed by atoms with E-state index in [0.29, 0.717) is 6.42 Å². The molecular formula is C21H31N5O. The molecule has 2 aromatic rings. The van der Waals surface area contributed by atoms with E-state index in [4.69, 9.17) is 4.98 Å². The predicted octanol–water partition coefficient (Wildman–Crippen LogP) is 2.31. The molecule has 0 radical (unpaired) electrons. The van der Waals surface area contributed by atoms with E-state index in [1.165, 1.54) is 11.1 Å². The minimum absolute atomic E-state index is 0.0944. The first-order valence-corrected chi connectivity index (χ1v) is 10.0. The first-order chi connectivity index (χ1) is 12.9. The lowest BCUT2D eigenvalue weighted by molar-refractivity contribution is -0.129. The highest BCUT2D eigenvalue weighted by molar-refractivity contribution is 5.79. The van der Waals surface area contributed by atoms with Crippen LogP contribution >= 0.6 is 0 Å². The number of aromatic nitrogens is 2. The minimum Gasteiger partial charge on any atom is -0.346 e. The Hall–Kier alpha value is -1.92. The van der Waals surface area contributed by atoms with Crippen molar-refractivity contribution < 1.29 is 4.79 Å². The standard InChI is InChI=1S/C21H31N5O/c1-15-5-6-17-20(16(15)2)23-18(22-17)13-26-12-11-25(4)21(14-26)8-7-19(27)24(3)10-9-21/h5-6H,7-14H2,1-4H3,(H,22,23)/t21-/m0/s1. The van der Waals surface area contributed by atoms with E-state index in [2.05, 4.69) is 47.8 Å². The summed E-state index contributed by atoms with van der Waals surface area (Å²) in [6, 6.07) is 4.29. The zero-order chi connectivity index (χ0) is 19.2. The van der Waals surface area contributed by atoms with Crippen molar-refractivity contribution in [2.45, 2.75) is 45.2 Å². The summed E-state index contributed by atoms with van der Waals surface area (Å²) in [5.74, 6) is 1.32. The third-order valence-electron chi connectivity index (χ3n) is 6.82. The highest BCUT2D eigenvalue weighted by Crippen LogP contribution is 2.32. The van der Waals surface area contributed by atoms with Gasteiger partial charge in [0.2, 0.25) is 5.91 Å². The average molecular weight is 370 g/mol. The molecule has 0 aliphatic carbocycles. The van der Waals surface area contributed by atoms with Gasteiger partial charge in [-0.15, -0.1) is 0 Å². The number of H-pyrrole nitrogens is 1. The number of aromatic amines is 1. The lowest BCUT2D eigenvalue weighted by Crippen LogP contribution is -2.60. The number of rotatable bonds is 2. The monoisotopic (exact) mass is 369 g/mol. The number of carbonyl (C=O) groups is 1. The number of imidazole rings is 1.